The molecule has 0 saturated carbocycles. The Bertz CT molecular complexity index is 627. The average molecular weight is 314 g/mol. The predicted molar refractivity (Wildman–Crippen MR) is 74.2 cm³/mol. The van der Waals surface area contributed by atoms with Crippen molar-refractivity contribution in [2.24, 2.45) is 11.3 Å². The van der Waals surface area contributed by atoms with Crippen LogP contribution in [0.3, 0.4) is 0 Å². The van der Waals surface area contributed by atoms with Crippen molar-refractivity contribution in [3.8, 4) is 0 Å². The van der Waals surface area contributed by atoms with Gasteiger partial charge in [0, 0.05) is 31.0 Å². The summed E-state index contributed by atoms with van der Waals surface area (Å²) >= 11 is 0. The Morgan fingerprint density at radius 2 is 2.38 bits per heavy atom. The average Bonchev–Trinajstić information content (AvgIpc) is 3.10. The van der Waals surface area contributed by atoms with Gasteiger partial charge in [-0.05, 0) is 6.07 Å². The van der Waals surface area contributed by atoms with Crippen LogP contribution in [0.4, 0.5) is 0 Å². The summed E-state index contributed by atoms with van der Waals surface area (Å²) in [5.74, 6) is 0.0690. The largest absolute Gasteiger partial charge is 0.472 e. The van der Waals surface area contributed by atoms with E-state index in [-0.39, 0.29) is 17.2 Å². The molecule has 1 aromatic heterocycles. The molecule has 7 nitrogen and oxygen atoms in total. The highest BCUT2D eigenvalue weighted by Gasteiger charge is 2.52. The number of ether oxygens (including phenoxy) is 1. The first-order chi connectivity index (χ1) is 9.90. The van der Waals surface area contributed by atoms with E-state index in [1.54, 1.807) is 11.0 Å². The molecule has 2 aliphatic rings. The number of furan rings is 1. The fourth-order valence-corrected chi connectivity index (χ4v) is 3.63. The lowest BCUT2D eigenvalue weighted by atomic mass is 9.81. The number of rotatable bonds is 4. The van der Waals surface area contributed by atoms with Gasteiger partial charge in [-0.2, -0.15) is 0 Å². The van der Waals surface area contributed by atoms with E-state index in [0.717, 1.165) is 6.26 Å². The minimum absolute atomic E-state index is 0.0862. The van der Waals surface area contributed by atoms with E-state index in [2.05, 4.69) is 4.72 Å². The van der Waals surface area contributed by atoms with Gasteiger partial charge in [-0.3, -0.25) is 4.79 Å². The Hall–Kier alpha value is -1.38. The number of amides is 1. The number of nitrogens with one attached hydrogen (secondary N) is 1. The number of carbonyl (C=O) groups is 1. The van der Waals surface area contributed by atoms with E-state index in [0.29, 0.717) is 38.4 Å². The molecule has 2 atom stereocenters. The molecule has 0 unspecified atom stereocenters. The van der Waals surface area contributed by atoms with Gasteiger partial charge in [-0.1, -0.05) is 0 Å². The summed E-state index contributed by atoms with van der Waals surface area (Å²) < 4.78 is 35.7. The number of nitrogens with zero attached hydrogens (tertiary/aromatic N) is 1. The Morgan fingerprint density at radius 1 is 1.57 bits per heavy atom. The van der Waals surface area contributed by atoms with Gasteiger partial charge in [0.15, 0.2) is 0 Å². The lowest BCUT2D eigenvalue weighted by Crippen LogP contribution is -2.43. The van der Waals surface area contributed by atoms with Crippen LogP contribution in [0, 0.1) is 11.3 Å². The molecule has 21 heavy (non-hydrogen) atoms. The van der Waals surface area contributed by atoms with Gasteiger partial charge in [0.1, 0.15) is 6.26 Å². The summed E-state index contributed by atoms with van der Waals surface area (Å²) in [4.78, 5) is 14.1. The van der Waals surface area contributed by atoms with Gasteiger partial charge in [0.25, 0.3) is 5.91 Å². The fraction of sp³-hybridized carbons (Fsp3) is 0.615. The van der Waals surface area contributed by atoms with Crippen LogP contribution in [-0.2, 0) is 14.8 Å². The molecule has 0 radical (unpaired) electrons. The Balaban J connectivity index is 1.74. The van der Waals surface area contributed by atoms with Crippen LogP contribution < -0.4 is 4.72 Å². The second-order valence-electron chi connectivity index (χ2n) is 5.87. The first-order valence-corrected chi connectivity index (χ1v) is 8.63. The monoisotopic (exact) mass is 314 g/mol. The lowest BCUT2D eigenvalue weighted by Gasteiger charge is -2.26. The van der Waals surface area contributed by atoms with Crippen molar-refractivity contribution in [2.45, 2.75) is 0 Å². The molecule has 2 fully saturated rings. The maximum atomic E-state index is 12.4. The fourth-order valence-electron chi connectivity index (χ4n) is 3.08. The third-order valence-electron chi connectivity index (χ3n) is 4.26. The maximum absolute atomic E-state index is 12.4. The number of fused-ring (bicyclic) bond motifs is 1. The third-order valence-corrected chi connectivity index (χ3v) is 4.93. The molecule has 0 spiro atoms. The second kappa shape index (κ2) is 5.11. The van der Waals surface area contributed by atoms with E-state index in [9.17, 15) is 13.2 Å². The molecule has 1 amide bonds. The van der Waals surface area contributed by atoms with E-state index < -0.39 is 10.0 Å². The summed E-state index contributed by atoms with van der Waals surface area (Å²) in [5, 5.41) is 0. The first-order valence-electron chi connectivity index (χ1n) is 6.73. The Labute approximate surface area is 123 Å². The van der Waals surface area contributed by atoms with Crippen LogP contribution in [0.5, 0.6) is 0 Å². The molecule has 0 bridgehead atoms. The number of carbonyl (C=O) groups excluding carboxylic acids is 1. The SMILES string of the molecule is CS(=O)(=O)NC[C@]12COC[C@H]1CN(C(=O)c1ccoc1)C2. The number of likely N-dealkylation sites (tertiary alicyclic amines) is 1. The lowest BCUT2D eigenvalue weighted by molar-refractivity contribution is 0.0721. The van der Waals surface area contributed by atoms with Gasteiger partial charge in [-0.25, -0.2) is 13.1 Å². The highest BCUT2D eigenvalue weighted by atomic mass is 32.2. The standard InChI is InChI=1S/C13H18N2O5S/c1-21(17,18)14-7-13-8-15(4-11(13)6-20-9-13)12(16)10-2-3-19-5-10/h2-3,5,11,14H,4,6-9H2,1H3/t11-,13+/m1/s1. The normalized spacial score (nSPS) is 28.8. The first kappa shape index (κ1) is 14.6. The van der Waals surface area contributed by atoms with Gasteiger partial charge < -0.3 is 14.1 Å². The Kier molecular flexibility index (Phi) is 3.54. The van der Waals surface area contributed by atoms with Crippen LogP contribution in [-0.4, -0.2) is 58.3 Å². The Morgan fingerprint density at radius 3 is 3.05 bits per heavy atom. The van der Waals surface area contributed by atoms with Crippen molar-refractivity contribution >= 4 is 15.9 Å². The molecule has 1 N–H and O–H groups in total. The van der Waals surface area contributed by atoms with E-state index in [1.165, 1.54) is 12.5 Å². The molecule has 3 heterocycles. The zero-order chi connectivity index (χ0) is 15.1. The molecule has 116 valence electrons. The van der Waals surface area contributed by atoms with Crippen molar-refractivity contribution in [3.63, 3.8) is 0 Å². The topological polar surface area (TPSA) is 88.9 Å². The van der Waals surface area contributed by atoms with Crippen molar-refractivity contribution in [1.82, 2.24) is 9.62 Å². The summed E-state index contributed by atoms with van der Waals surface area (Å²) in [5.41, 5.74) is 0.185. The van der Waals surface area contributed by atoms with E-state index >= 15 is 0 Å². The van der Waals surface area contributed by atoms with E-state index in [4.69, 9.17) is 9.15 Å². The van der Waals surface area contributed by atoms with Gasteiger partial charge >= 0.3 is 0 Å². The van der Waals surface area contributed by atoms with Gasteiger partial charge in [-0.15, -0.1) is 0 Å². The molecule has 3 rings (SSSR count). The molecular weight excluding hydrogens is 296 g/mol. The number of hydrogen-bond donors (Lipinski definition) is 1. The molecule has 0 aliphatic carbocycles. The molecule has 2 aliphatic heterocycles. The number of sulfonamides is 1. The van der Waals surface area contributed by atoms with Crippen LogP contribution in [0.2, 0.25) is 0 Å². The van der Waals surface area contributed by atoms with Crippen LogP contribution in [0.25, 0.3) is 0 Å². The number of hydrogen-bond acceptors (Lipinski definition) is 5. The third kappa shape index (κ3) is 2.83. The van der Waals surface area contributed by atoms with Gasteiger partial charge in [0.2, 0.25) is 10.0 Å². The predicted octanol–water partition coefficient (Wildman–Crippen LogP) is -0.0826. The van der Waals surface area contributed by atoms with Crippen molar-refractivity contribution in [3.05, 3.63) is 24.2 Å². The second-order valence-corrected chi connectivity index (χ2v) is 7.70. The van der Waals surface area contributed by atoms with Crippen LogP contribution >= 0.6 is 0 Å². The highest BCUT2D eigenvalue weighted by Crippen LogP contribution is 2.41. The molecule has 0 aromatic carbocycles. The maximum Gasteiger partial charge on any atom is 0.257 e. The summed E-state index contributed by atoms with van der Waals surface area (Å²) in [6.45, 7) is 2.39. The van der Waals surface area contributed by atoms with Crippen molar-refractivity contribution in [1.29, 1.82) is 0 Å². The van der Waals surface area contributed by atoms with Crippen LogP contribution in [0.1, 0.15) is 10.4 Å². The molecule has 8 heteroatoms. The quantitative estimate of drug-likeness (QED) is 0.839. The van der Waals surface area contributed by atoms with Crippen molar-refractivity contribution in [2.75, 3.05) is 39.1 Å². The van der Waals surface area contributed by atoms with E-state index in [1.807, 2.05) is 0 Å². The van der Waals surface area contributed by atoms with Crippen LogP contribution in [0.15, 0.2) is 23.0 Å². The minimum atomic E-state index is -3.26. The molecule has 2 saturated heterocycles. The zero-order valence-corrected chi connectivity index (χ0v) is 12.6. The highest BCUT2D eigenvalue weighted by molar-refractivity contribution is 7.88. The van der Waals surface area contributed by atoms with Crippen molar-refractivity contribution < 1.29 is 22.4 Å². The molecule has 1 aromatic rings. The zero-order valence-electron chi connectivity index (χ0n) is 11.7. The minimum Gasteiger partial charge on any atom is -0.472 e. The summed E-state index contributed by atoms with van der Waals surface area (Å²) in [6.07, 6.45) is 4.03. The summed E-state index contributed by atoms with van der Waals surface area (Å²) in [7, 11) is -3.26. The van der Waals surface area contributed by atoms with Gasteiger partial charge in [0.05, 0.1) is 31.3 Å². The smallest absolute Gasteiger partial charge is 0.257 e. The summed E-state index contributed by atoms with van der Waals surface area (Å²) in [6, 6.07) is 1.63. The molecular formula is C13H18N2O5S.